The number of hydrogen-bond acceptors (Lipinski definition) is 8. The highest BCUT2D eigenvalue weighted by atomic mass is 16.3. The minimum atomic E-state index is -0.371. The van der Waals surface area contributed by atoms with E-state index < -0.39 is 0 Å². The number of aromatic nitrogens is 2. The van der Waals surface area contributed by atoms with Gasteiger partial charge in [-0.2, -0.15) is 0 Å². The van der Waals surface area contributed by atoms with Crippen molar-refractivity contribution in [1.82, 2.24) is 20.4 Å². The van der Waals surface area contributed by atoms with E-state index >= 15 is 0 Å². The summed E-state index contributed by atoms with van der Waals surface area (Å²) in [7, 11) is 0. The summed E-state index contributed by atoms with van der Waals surface area (Å²) in [5.41, 5.74) is 7.58. The number of piperidine rings is 1. The number of carbonyl (C=O) groups excluding carboxylic acids is 2. The van der Waals surface area contributed by atoms with Crippen LogP contribution >= 0.6 is 0 Å². The predicted octanol–water partition coefficient (Wildman–Crippen LogP) is 6.66. The van der Waals surface area contributed by atoms with Crippen molar-refractivity contribution in [1.29, 1.82) is 0 Å². The van der Waals surface area contributed by atoms with Gasteiger partial charge in [-0.15, -0.1) is 10.2 Å². The fourth-order valence-corrected chi connectivity index (χ4v) is 3.63. The summed E-state index contributed by atoms with van der Waals surface area (Å²) in [6.45, 7) is 26.1. The second kappa shape index (κ2) is 36.9. The fraction of sp³-hybridized carbons (Fsp3) is 0.684. The Morgan fingerprint density at radius 3 is 1.77 bits per heavy atom. The molecule has 0 bridgehead atoms. The van der Waals surface area contributed by atoms with E-state index in [9.17, 15) is 9.59 Å². The standard InChI is InChI=1S/C17H26N4O3.C7H8O.C5H13NO.C3H8.3C2H6/c1-12(2)10-13-11-14(17(24)21-7-4-3-5-8-21)19-20-15(13)16(23)18-6-9-22;8-6-7-4-2-1-3-5-7;1-4(2)5(6)3-7;1-3-2;3*1-2/h11-12,22H,3-10H2,1-2H3,(H,18,23);1-5,8H,6H2;4-5,7H,3,6H2,1-2H3;3H2,1-2H3;3*1-2H3. The highest BCUT2D eigenvalue weighted by Gasteiger charge is 2.23. The Morgan fingerprint density at radius 2 is 1.40 bits per heavy atom. The quantitative estimate of drug-likeness (QED) is 0.197. The summed E-state index contributed by atoms with van der Waals surface area (Å²) in [4.78, 5) is 26.6. The molecule has 2 aromatic rings. The fourth-order valence-electron chi connectivity index (χ4n) is 3.63. The number of hydrogen-bond donors (Lipinski definition) is 5. The lowest BCUT2D eigenvalue weighted by molar-refractivity contribution is 0.0715. The second-order valence-corrected chi connectivity index (χ2v) is 11.0. The number of nitrogens with two attached hydrogens (primary N) is 1. The van der Waals surface area contributed by atoms with Crippen LogP contribution in [0, 0.1) is 11.8 Å². The number of carbonyl (C=O) groups is 2. The van der Waals surface area contributed by atoms with E-state index in [2.05, 4.69) is 29.4 Å². The smallest absolute Gasteiger partial charge is 0.274 e. The number of nitrogens with zero attached hydrogens (tertiary/aromatic N) is 3. The van der Waals surface area contributed by atoms with Crippen LogP contribution in [0.5, 0.6) is 0 Å². The van der Waals surface area contributed by atoms with Crippen molar-refractivity contribution in [2.45, 2.75) is 128 Å². The predicted molar refractivity (Wildman–Crippen MR) is 202 cm³/mol. The van der Waals surface area contributed by atoms with Gasteiger partial charge in [-0.1, -0.05) is 120 Å². The van der Waals surface area contributed by atoms with Gasteiger partial charge in [0.1, 0.15) is 0 Å². The molecule has 0 spiro atoms. The van der Waals surface area contributed by atoms with Gasteiger partial charge in [-0.3, -0.25) is 9.59 Å². The van der Waals surface area contributed by atoms with E-state index in [0.29, 0.717) is 24.0 Å². The van der Waals surface area contributed by atoms with Gasteiger partial charge in [-0.25, -0.2) is 0 Å². The first-order chi connectivity index (χ1) is 23.1. The van der Waals surface area contributed by atoms with Gasteiger partial charge >= 0.3 is 0 Å². The number of aliphatic hydroxyl groups excluding tert-OH is 3. The Labute approximate surface area is 293 Å². The lowest BCUT2D eigenvalue weighted by Crippen LogP contribution is -2.36. The molecule has 48 heavy (non-hydrogen) atoms. The van der Waals surface area contributed by atoms with Gasteiger partial charge in [-0.05, 0) is 54.7 Å². The molecule has 1 aromatic carbocycles. The van der Waals surface area contributed by atoms with E-state index in [0.717, 1.165) is 43.5 Å². The topological polar surface area (TPSA) is 162 Å². The summed E-state index contributed by atoms with van der Waals surface area (Å²) in [6, 6.07) is 11.2. The highest BCUT2D eigenvalue weighted by Crippen LogP contribution is 2.16. The van der Waals surface area contributed by atoms with E-state index in [1.54, 1.807) is 11.0 Å². The molecular weight excluding hydrogens is 606 g/mol. The highest BCUT2D eigenvalue weighted by molar-refractivity contribution is 5.96. The molecule has 1 aliphatic rings. The average Bonchev–Trinajstić information content (AvgIpc) is 3.13. The van der Waals surface area contributed by atoms with Crippen LogP contribution in [0.15, 0.2) is 36.4 Å². The van der Waals surface area contributed by atoms with Crippen molar-refractivity contribution >= 4 is 11.8 Å². The monoisotopic (exact) mass is 680 g/mol. The zero-order valence-electron chi connectivity index (χ0n) is 32.6. The Hall–Kier alpha value is -2.92. The van der Waals surface area contributed by atoms with Crippen LogP contribution < -0.4 is 11.1 Å². The lowest BCUT2D eigenvalue weighted by Gasteiger charge is -2.26. The van der Waals surface area contributed by atoms with Gasteiger partial charge in [0.25, 0.3) is 11.8 Å². The molecule has 3 rings (SSSR count). The van der Waals surface area contributed by atoms with Gasteiger partial charge in [0.15, 0.2) is 11.4 Å². The Bertz CT molecular complexity index is 985. The number of aliphatic hydroxyl groups is 3. The van der Waals surface area contributed by atoms with Crippen LogP contribution in [0.25, 0.3) is 0 Å². The van der Waals surface area contributed by atoms with Crippen LogP contribution in [0.2, 0.25) is 0 Å². The first-order valence-corrected chi connectivity index (χ1v) is 18.1. The molecule has 0 radical (unpaired) electrons. The van der Waals surface area contributed by atoms with E-state index in [-0.39, 0.29) is 49.9 Å². The van der Waals surface area contributed by atoms with Crippen molar-refractivity contribution < 1.29 is 24.9 Å². The minimum absolute atomic E-state index is 0.0417. The van der Waals surface area contributed by atoms with Crippen molar-refractivity contribution in [3.05, 3.63) is 58.9 Å². The maximum Gasteiger partial charge on any atom is 0.274 e. The SMILES string of the molecule is CC.CC.CC.CC(C)C(N)CO.CC(C)Cc1cc(C(=O)N2CCCCC2)nnc1C(=O)NCCO.CCC.OCc1ccccc1. The van der Waals surface area contributed by atoms with E-state index in [1.807, 2.05) is 99.6 Å². The Balaban J connectivity index is -0.000000329. The molecule has 1 saturated heterocycles. The lowest BCUT2D eigenvalue weighted by atomic mass is 10.0. The van der Waals surface area contributed by atoms with Gasteiger partial charge < -0.3 is 31.3 Å². The Kier molecular flexibility index (Phi) is 39.9. The third-order valence-electron chi connectivity index (χ3n) is 6.07. The summed E-state index contributed by atoms with van der Waals surface area (Å²) in [6.07, 6.45) is 5.06. The van der Waals surface area contributed by atoms with Crippen LogP contribution in [-0.2, 0) is 13.0 Å². The number of amides is 2. The maximum absolute atomic E-state index is 12.6. The molecular formula is C38H73N5O5. The summed E-state index contributed by atoms with van der Waals surface area (Å²) in [5, 5.41) is 36.3. The normalized spacial score (nSPS) is 11.8. The molecule has 2 amide bonds. The zero-order valence-corrected chi connectivity index (χ0v) is 32.6. The van der Waals surface area contributed by atoms with E-state index in [1.165, 1.54) is 6.42 Å². The molecule has 0 saturated carbocycles. The third-order valence-corrected chi connectivity index (χ3v) is 6.07. The van der Waals surface area contributed by atoms with Crippen LogP contribution in [-0.4, -0.2) is 81.1 Å². The average molecular weight is 680 g/mol. The maximum atomic E-state index is 12.6. The van der Waals surface area contributed by atoms with Crippen LogP contribution in [0.4, 0.5) is 0 Å². The Morgan fingerprint density at radius 1 is 0.875 bits per heavy atom. The number of likely N-dealkylation sites (tertiary alicyclic amines) is 1. The number of rotatable bonds is 9. The molecule has 1 unspecified atom stereocenters. The first-order valence-electron chi connectivity index (χ1n) is 18.1. The van der Waals surface area contributed by atoms with Crippen molar-refractivity contribution in [2.75, 3.05) is 32.8 Å². The molecule has 280 valence electrons. The first kappa shape index (κ1) is 51.9. The molecule has 1 aliphatic heterocycles. The molecule has 1 fully saturated rings. The molecule has 1 atom stereocenters. The molecule has 6 N–H and O–H groups in total. The van der Waals surface area contributed by atoms with Crippen molar-refractivity contribution in [3.63, 3.8) is 0 Å². The number of nitrogens with one attached hydrogen (secondary N) is 1. The van der Waals surface area contributed by atoms with E-state index in [4.69, 9.17) is 21.1 Å². The van der Waals surface area contributed by atoms with Gasteiger partial charge in [0, 0.05) is 25.7 Å². The third kappa shape index (κ3) is 26.1. The van der Waals surface area contributed by atoms with Crippen LogP contribution in [0.3, 0.4) is 0 Å². The summed E-state index contributed by atoms with van der Waals surface area (Å²) in [5.74, 6) is 0.222. The van der Waals surface area contributed by atoms with Gasteiger partial charge in [0.05, 0.1) is 19.8 Å². The molecule has 2 heterocycles. The van der Waals surface area contributed by atoms with Crippen LogP contribution in [0.1, 0.15) is 141 Å². The molecule has 10 nitrogen and oxygen atoms in total. The largest absolute Gasteiger partial charge is 0.395 e. The van der Waals surface area contributed by atoms with Crippen molar-refractivity contribution in [3.8, 4) is 0 Å². The summed E-state index contributed by atoms with van der Waals surface area (Å²) < 4.78 is 0. The number of benzene rings is 1. The summed E-state index contributed by atoms with van der Waals surface area (Å²) >= 11 is 0. The second-order valence-electron chi connectivity index (χ2n) is 11.0. The molecule has 1 aromatic heterocycles. The van der Waals surface area contributed by atoms with Gasteiger partial charge in [0.2, 0.25) is 0 Å². The van der Waals surface area contributed by atoms with Crippen molar-refractivity contribution in [2.24, 2.45) is 17.6 Å². The molecule has 0 aliphatic carbocycles. The zero-order chi connectivity index (χ0) is 37.9. The minimum Gasteiger partial charge on any atom is -0.395 e. The molecule has 10 heteroatoms.